The van der Waals surface area contributed by atoms with E-state index in [-0.39, 0.29) is 6.04 Å². The number of benzene rings is 1. The second-order valence-electron chi connectivity index (χ2n) is 5.68. The summed E-state index contributed by atoms with van der Waals surface area (Å²) in [5, 5.41) is 3.70. The van der Waals surface area contributed by atoms with E-state index >= 15 is 0 Å². The third-order valence-corrected chi connectivity index (χ3v) is 4.45. The molecule has 1 fully saturated rings. The molecule has 1 N–H and O–H groups in total. The lowest BCUT2D eigenvalue weighted by Gasteiger charge is -2.36. The van der Waals surface area contributed by atoms with Gasteiger partial charge in [0.15, 0.2) is 0 Å². The van der Waals surface area contributed by atoms with E-state index < -0.39 is 11.7 Å². The Kier molecular flexibility index (Phi) is 6.12. The van der Waals surface area contributed by atoms with Gasteiger partial charge in [0.1, 0.15) is 0 Å². The van der Waals surface area contributed by atoms with Crippen molar-refractivity contribution in [2.45, 2.75) is 38.4 Å². The average Bonchev–Trinajstić information content (AvgIpc) is 2.49. The van der Waals surface area contributed by atoms with Crippen molar-refractivity contribution in [3.8, 4) is 0 Å². The van der Waals surface area contributed by atoms with Crippen molar-refractivity contribution in [3.05, 3.63) is 34.3 Å². The van der Waals surface area contributed by atoms with E-state index in [2.05, 4.69) is 17.1 Å². The summed E-state index contributed by atoms with van der Waals surface area (Å²) in [7, 11) is 0. The molecule has 1 atom stereocenters. The quantitative estimate of drug-likeness (QED) is 0.853. The fraction of sp³-hybridized carbons (Fsp3) is 0.625. The van der Waals surface area contributed by atoms with Crippen molar-refractivity contribution in [2.75, 3.05) is 26.2 Å². The van der Waals surface area contributed by atoms with E-state index in [1.54, 1.807) is 0 Å². The molecule has 0 radical (unpaired) electrons. The highest BCUT2D eigenvalue weighted by Gasteiger charge is 2.32. The van der Waals surface area contributed by atoms with Crippen LogP contribution in [0.15, 0.2) is 18.2 Å². The van der Waals surface area contributed by atoms with Gasteiger partial charge in [0, 0.05) is 37.2 Å². The summed E-state index contributed by atoms with van der Waals surface area (Å²) in [4.78, 5) is 2.24. The van der Waals surface area contributed by atoms with Gasteiger partial charge in [-0.1, -0.05) is 31.4 Å². The van der Waals surface area contributed by atoms with Gasteiger partial charge in [-0.05, 0) is 30.2 Å². The van der Waals surface area contributed by atoms with Crippen molar-refractivity contribution >= 4 is 11.6 Å². The number of nitrogens with one attached hydrogen (secondary N) is 1. The Labute approximate surface area is 134 Å². The van der Waals surface area contributed by atoms with E-state index in [9.17, 15) is 13.2 Å². The molecule has 0 saturated carbocycles. The Morgan fingerprint density at radius 3 is 2.55 bits per heavy atom. The van der Waals surface area contributed by atoms with Crippen LogP contribution < -0.4 is 5.32 Å². The lowest BCUT2D eigenvalue weighted by atomic mass is 9.96. The van der Waals surface area contributed by atoms with Crippen LogP contribution in [0.5, 0.6) is 0 Å². The van der Waals surface area contributed by atoms with Gasteiger partial charge in [0.2, 0.25) is 0 Å². The predicted octanol–water partition coefficient (Wildman–Crippen LogP) is 4.50. The zero-order valence-electron chi connectivity index (χ0n) is 12.7. The largest absolute Gasteiger partial charge is 0.416 e. The summed E-state index contributed by atoms with van der Waals surface area (Å²) >= 11 is 6.23. The Bertz CT molecular complexity index is 485. The van der Waals surface area contributed by atoms with Crippen LogP contribution >= 0.6 is 11.6 Å². The second-order valence-corrected chi connectivity index (χ2v) is 6.09. The highest BCUT2D eigenvalue weighted by Crippen LogP contribution is 2.37. The minimum absolute atomic E-state index is 0.0446. The van der Waals surface area contributed by atoms with Crippen LogP contribution in [-0.4, -0.2) is 31.1 Å². The molecule has 1 heterocycles. The maximum Gasteiger partial charge on any atom is 0.416 e. The standard InChI is InChI=1S/C16H22ClF3N2/c1-2-3-4-15(22-9-7-21-8-10-22)13-11-12(16(18,19)20)5-6-14(13)17/h5-6,11,15,21H,2-4,7-10H2,1H3/t15-/m0/s1. The number of rotatable bonds is 5. The number of piperazine rings is 1. The van der Waals surface area contributed by atoms with Gasteiger partial charge in [0.25, 0.3) is 0 Å². The van der Waals surface area contributed by atoms with E-state index in [0.717, 1.165) is 51.5 Å². The smallest absolute Gasteiger partial charge is 0.314 e. The molecule has 1 aromatic carbocycles. The monoisotopic (exact) mass is 334 g/mol. The average molecular weight is 335 g/mol. The summed E-state index contributed by atoms with van der Waals surface area (Å²) in [6.45, 7) is 5.48. The van der Waals surface area contributed by atoms with Gasteiger partial charge in [-0.2, -0.15) is 13.2 Å². The molecular weight excluding hydrogens is 313 g/mol. The number of unbranched alkanes of at least 4 members (excludes halogenated alkanes) is 1. The number of halogens is 4. The Morgan fingerprint density at radius 1 is 1.27 bits per heavy atom. The van der Waals surface area contributed by atoms with Crippen LogP contribution in [0, 0.1) is 0 Å². The lowest BCUT2D eigenvalue weighted by Crippen LogP contribution is -2.45. The SMILES string of the molecule is CCCC[C@@H](c1cc(C(F)(F)F)ccc1Cl)N1CCNCC1. The first-order valence-corrected chi connectivity index (χ1v) is 8.12. The molecule has 1 aliphatic rings. The van der Waals surface area contributed by atoms with Gasteiger partial charge < -0.3 is 5.32 Å². The summed E-state index contributed by atoms with van der Waals surface area (Å²) in [6, 6.07) is 3.61. The number of nitrogens with zero attached hydrogens (tertiary/aromatic N) is 1. The van der Waals surface area contributed by atoms with Crippen molar-refractivity contribution in [1.29, 1.82) is 0 Å². The highest BCUT2D eigenvalue weighted by molar-refractivity contribution is 6.31. The number of alkyl halides is 3. The molecule has 1 saturated heterocycles. The number of hydrogen-bond acceptors (Lipinski definition) is 2. The van der Waals surface area contributed by atoms with E-state index in [1.165, 1.54) is 12.1 Å². The first-order valence-electron chi connectivity index (χ1n) is 7.75. The topological polar surface area (TPSA) is 15.3 Å². The molecule has 6 heteroatoms. The van der Waals surface area contributed by atoms with Crippen LogP contribution in [0.3, 0.4) is 0 Å². The second kappa shape index (κ2) is 7.66. The molecule has 0 bridgehead atoms. The maximum atomic E-state index is 13.0. The van der Waals surface area contributed by atoms with Gasteiger partial charge in [0.05, 0.1) is 5.56 Å². The van der Waals surface area contributed by atoms with Gasteiger partial charge in [-0.15, -0.1) is 0 Å². The first-order chi connectivity index (χ1) is 10.4. The molecule has 0 spiro atoms. The fourth-order valence-electron chi connectivity index (χ4n) is 2.90. The zero-order chi connectivity index (χ0) is 16.2. The van der Waals surface area contributed by atoms with Crippen LogP contribution in [0.4, 0.5) is 13.2 Å². The molecular formula is C16H22ClF3N2. The van der Waals surface area contributed by atoms with E-state index in [1.807, 2.05) is 0 Å². The normalized spacial score (nSPS) is 18.4. The maximum absolute atomic E-state index is 13.0. The Hall–Kier alpha value is -0.780. The third kappa shape index (κ3) is 4.37. The molecule has 0 aliphatic carbocycles. The summed E-state index contributed by atoms with van der Waals surface area (Å²) in [5.41, 5.74) is -0.0182. The Morgan fingerprint density at radius 2 is 1.95 bits per heavy atom. The van der Waals surface area contributed by atoms with Crippen LogP contribution in [0.2, 0.25) is 5.02 Å². The summed E-state index contributed by atoms with van der Waals surface area (Å²) < 4.78 is 39.0. The van der Waals surface area contributed by atoms with E-state index in [4.69, 9.17) is 11.6 Å². The molecule has 0 aromatic heterocycles. The summed E-state index contributed by atoms with van der Waals surface area (Å²) in [5.74, 6) is 0. The fourth-order valence-corrected chi connectivity index (χ4v) is 3.14. The van der Waals surface area contributed by atoms with Crippen LogP contribution in [0.25, 0.3) is 0 Å². The first kappa shape index (κ1) is 17.6. The van der Waals surface area contributed by atoms with Crippen molar-refractivity contribution in [2.24, 2.45) is 0 Å². The lowest BCUT2D eigenvalue weighted by molar-refractivity contribution is -0.137. The minimum Gasteiger partial charge on any atom is -0.314 e. The van der Waals surface area contributed by atoms with Gasteiger partial charge in [-0.25, -0.2) is 0 Å². The molecule has 2 rings (SSSR count). The molecule has 1 aliphatic heterocycles. The number of hydrogen-bond donors (Lipinski definition) is 1. The van der Waals surface area contributed by atoms with Crippen LogP contribution in [-0.2, 0) is 6.18 Å². The molecule has 22 heavy (non-hydrogen) atoms. The molecule has 124 valence electrons. The molecule has 1 aromatic rings. The molecule has 0 amide bonds. The van der Waals surface area contributed by atoms with Crippen molar-refractivity contribution < 1.29 is 13.2 Å². The zero-order valence-corrected chi connectivity index (χ0v) is 13.5. The minimum atomic E-state index is -4.34. The Balaban J connectivity index is 2.32. The predicted molar refractivity (Wildman–Crippen MR) is 83.2 cm³/mol. The van der Waals surface area contributed by atoms with Gasteiger partial charge >= 0.3 is 6.18 Å². The van der Waals surface area contributed by atoms with Crippen LogP contribution in [0.1, 0.15) is 43.4 Å². The third-order valence-electron chi connectivity index (χ3n) is 4.11. The van der Waals surface area contributed by atoms with Crippen molar-refractivity contribution in [3.63, 3.8) is 0 Å². The molecule has 2 nitrogen and oxygen atoms in total. The molecule has 0 unspecified atom stereocenters. The van der Waals surface area contributed by atoms with E-state index in [0.29, 0.717) is 10.6 Å². The van der Waals surface area contributed by atoms with Crippen molar-refractivity contribution in [1.82, 2.24) is 10.2 Å². The highest BCUT2D eigenvalue weighted by atomic mass is 35.5. The van der Waals surface area contributed by atoms with Gasteiger partial charge in [-0.3, -0.25) is 4.90 Å². The summed E-state index contributed by atoms with van der Waals surface area (Å²) in [6.07, 6.45) is -1.52.